The Kier molecular flexibility index (Phi) is 8.47. The van der Waals surface area contributed by atoms with Gasteiger partial charge in [0.05, 0.1) is 6.04 Å². The highest BCUT2D eigenvalue weighted by molar-refractivity contribution is 5.96. The quantitative estimate of drug-likeness (QED) is 0.204. The summed E-state index contributed by atoms with van der Waals surface area (Å²) in [7, 11) is 0. The second kappa shape index (κ2) is 11.7. The zero-order valence-corrected chi connectivity index (χ0v) is 18.0. The molecule has 33 heavy (non-hydrogen) atoms. The third-order valence-corrected chi connectivity index (χ3v) is 5.25. The second-order valence-electron chi connectivity index (χ2n) is 7.57. The van der Waals surface area contributed by atoms with E-state index in [9.17, 15) is 18.4 Å². The number of aldehydes is 1. The van der Waals surface area contributed by atoms with Crippen molar-refractivity contribution in [3.63, 3.8) is 0 Å². The molecule has 0 saturated heterocycles. The Hall–Kier alpha value is -3.80. The fourth-order valence-corrected chi connectivity index (χ4v) is 3.48. The van der Waals surface area contributed by atoms with Crippen molar-refractivity contribution in [3.8, 4) is 5.75 Å². The van der Waals surface area contributed by atoms with Crippen LogP contribution in [0.2, 0.25) is 0 Å². The van der Waals surface area contributed by atoms with Gasteiger partial charge in [-0.2, -0.15) is 0 Å². The van der Waals surface area contributed by atoms with Gasteiger partial charge >= 0.3 is 0 Å². The molecule has 0 aliphatic rings. The van der Waals surface area contributed by atoms with Crippen LogP contribution < -0.4 is 10.1 Å². The Labute approximate surface area is 191 Å². The van der Waals surface area contributed by atoms with Crippen LogP contribution >= 0.6 is 0 Å². The Morgan fingerprint density at radius 1 is 0.939 bits per heavy atom. The topological polar surface area (TPSA) is 55.4 Å². The molecule has 0 amide bonds. The predicted octanol–water partition coefficient (Wildman–Crippen LogP) is 6.16. The van der Waals surface area contributed by atoms with Crippen LogP contribution in [0.1, 0.15) is 34.8 Å². The molecular weight excluding hydrogens is 424 g/mol. The summed E-state index contributed by atoms with van der Waals surface area (Å²) in [5.41, 5.74) is 1.86. The smallest absolute Gasteiger partial charge is 0.162 e. The molecule has 0 radical (unpaired) electrons. The summed E-state index contributed by atoms with van der Waals surface area (Å²) in [6, 6.07) is 18.0. The number of nitrogens with one attached hydrogen (secondary N) is 1. The van der Waals surface area contributed by atoms with Crippen molar-refractivity contribution in [2.24, 2.45) is 5.92 Å². The van der Waals surface area contributed by atoms with Gasteiger partial charge in [-0.05, 0) is 72.6 Å². The van der Waals surface area contributed by atoms with E-state index in [2.05, 4.69) is 11.9 Å². The molecular formula is C27H25F2NO3. The molecule has 1 N–H and O–H groups in total. The number of rotatable bonds is 12. The first kappa shape index (κ1) is 23.9. The predicted molar refractivity (Wildman–Crippen MR) is 124 cm³/mol. The standard InChI is InChI=1S/C27H25F2NO3/c1-2-17-33-25-14-5-20(6-15-25)27(30-24-12-10-23(29)11-13-24)21(18-31)7-16-26(32)19-3-8-22(28)9-4-19/h2-6,8-15,18,21,27,30H,1,7,16-17H2/t21-,27+/m0/s1. The third kappa shape index (κ3) is 6.84. The normalized spacial score (nSPS) is 12.4. The summed E-state index contributed by atoms with van der Waals surface area (Å²) in [6.45, 7) is 4.00. The summed E-state index contributed by atoms with van der Waals surface area (Å²) in [4.78, 5) is 24.6. The molecule has 3 aromatic rings. The van der Waals surface area contributed by atoms with Crippen LogP contribution in [0.4, 0.5) is 14.5 Å². The van der Waals surface area contributed by atoms with E-state index in [-0.39, 0.29) is 24.4 Å². The van der Waals surface area contributed by atoms with Crippen LogP contribution in [-0.4, -0.2) is 18.7 Å². The number of hydrogen-bond acceptors (Lipinski definition) is 4. The average molecular weight is 449 g/mol. The van der Waals surface area contributed by atoms with Gasteiger partial charge in [-0.25, -0.2) is 8.78 Å². The van der Waals surface area contributed by atoms with E-state index >= 15 is 0 Å². The van der Waals surface area contributed by atoms with Crippen molar-refractivity contribution in [1.29, 1.82) is 0 Å². The molecule has 0 heterocycles. The number of ketones is 1. The fraction of sp³-hybridized carbons (Fsp3) is 0.185. The lowest BCUT2D eigenvalue weighted by atomic mass is 9.88. The molecule has 0 aliphatic carbocycles. The van der Waals surface area contributed by atoms with Crippen LogP contribution in [0.15, 0.2) is 85.5 Å². The number of halogens is 2. The molecule has 0 bridgehead atoms. The Morgan fingerprint density at radius 3 is 2.12 bits per heavy atom. The van der Waals surface area contributed by atoms with Crippen LogP contribution in [0.5, 0.6) is 5.75 Å². The summed E-state index contributed by atoms with van der Waals surface area (Å²) in [5.74, 6) is -0.831. The van der Waals surface area contributed by atoms with Gasteiger partial charge in [0.15, 0.2) is 5.78 Å². The number of carbonyl (C=O) groups is 2. The Balaban J connectivity index is 1.79. The maximum Gasteiger partial charge on any atom is 0.162 e. The lowest BCUT2D eigenvalue weighted by molar-refractivity contribution is -0.111. The van der Waals surface area contributed by atoms with Gasteiger partial charge in [0.1, 0.15) is 30.3 Å². The van der Waals surface area contributed by atoms with Crippen molar-refractivity contribution in [2.45, 2.75) is 18.9 Å². The summed E-state index contributed by atoms with van der Waals surface area (Å²) >= 11 is 0. The van der Waals surface area contributed by atoms with Crippen LogP contribution in [-0.2, 0) is 4.79 Å². The van der Waals surface area contributed by atoms with Crippen molar-refractivity contribution >= 4 is 17.8 Å². The van der Waals surface area contributed by atoms with E-state index < -0.39 is 17.8 Å². The first-order valence-electron chi connectivity index (χ1n) is 10.6. The van der Waals surface area contributed by atoms with E-state index in [1.807, 2.05) is 12.1 Å². The molecule has 0 saturated carbocycles. The average Bonchev–Trinajstić information content (AvgIpc) is 2.84. The Morgan fingerprint density at radius 2 is 1.55 bits per heavy atom. The van der Waals surface area contributed by atoms with Crippen molar-refractivity contribution < 1.29 is 23.1 Å². The van der Waals surface area contributed by atoms with Gasteiger partial charge in [0, 0.05) is 23.6 Å². The van der Waals surface area contributed by atoms with Crippen molar-refractivity contribution in [1.82, 2.24) is 0 Å². The number of benzene rings is 3. The lowest BCUT2D eigenvalue weighted by Gasteiger charge is -2.26. The second-order valence-corrected chi connectivity index (χ2v) is 7.57. The number of ether oxygens (including phenoxy) is 1. The maximum absolute atomic E-state index is 13.3. The molecule has 170 valence electrons. The van der Waals surface area contributed by atoms with Crippen LogP contribution in [0.25, 0.3) is 0 Å². The van der Waals surface area contributed by atoms with Crippen LogP contribution in [0.3, 0.4) is 0 Å². The molecule has 3 aromatic carbocycles. The highest BCUT2D eigenvalue weighted by atomic mass is 19.1. The zero-order chi connectivity index (χ0) is 23.6. The largest absolute Gasteiger partial charge is 0.490 e. The van der Waals surface area contributed by atoms with Gasteiger partial charge in [-0.1, -0.05) is 24.8 Å². The summed E-state index contributed by atoms with van der Waals surface area (Å²) in [5, 5.41) is 3.29. The van der Waals surface area contributed by atoms with Gasteiger partial charge in [0.25, 0.3) is 0 Å². The molecule has 0 unspecified atom stereocenters. The molecule has 3 rings (SSSR count). The van der Waals surface area contributed by atoms with E-state index in [0.717, 1.165) is 11.8 Å². The molecule has 0 aromatic heterocycles. The molecule has 0 aliphatic heterocycles. The van der Waals surface area contributed by atoms with E-state index in [1.54, 1.807) is 30.3 Å². The first-order chi connectivity index (χ1) is 16.0. The van der Waals surface area contributed by atoms with Gasteiger partial charge in [-0.15, -0.1) is 0 Å². The van der Waals surface area contributed by atoms with Crippen molar-refractivity contribution in [2.75, 3.05) is 11.9 Å². The number of carbonyl (C=O) groups excluding carboxylic acids is 2. The first-order valence-corrected chi connectivity index (χ1v) is 10.6. The van der Waals surface area contributed by atoms with Crippen molar-refractivity contribution in [3.05, 3.63) is 108 Å². The highest BCUT2D eigenvalue weighted by Gasteiger charge is 2.24. The number of anilines is 1. The monoisotopic (exact) mass is 449 g/mol. The molecule has 6 heteroatoms. The number of Topliss-reactive ketones (excluding diaryl/α,β-unsaturated/α-hetero) is 1. The van der Waals surface area contributed by atoms with Gasteiger partial charge in [-0.3, -0.25) is 4.79 Å². The lowest BCUT2D eigenvalue weighted by Crippen LogP contribution is -2.23. The fourth-order valence-electron chi connectivity index (χ4n) is 3.48. The minimum absolute atomic E-state index is 0.122. The molecule has 4 nitrogen and oxygen atoms in total. The van der Waals surface area contributed by atoms with Gasteiger partial charge < -0.3 is 14.8 Å². The maximum atomic E-state index is 13.3. The SMILES string of the molecule is C=CCOc1ccc([C@@H](Nc2ccc(F)cc2)[C@H](C=O)CCC(=O)c2ccc(F)cc2)cc1. The highest BCUT2D eigenvalue weighted by Crippen LogP contribution is 2.30. The van der Waals surface area contributed by atoms with Gasteiger partial charge in [0.2, 0.25) is 0 Å². The molecule has 0 spiro atoms. The van der Waals surface area contributed by atoms with E-state index in [4.69, 9.17) is 4.74 Å². The summed E-state index contributed by atoms with van der Waals surface area (Å²) < 4.78 is 32.0. The Bertz CT molecular complexity index is 1060. The zero-order valence-electron chi connectivity index (χ0n) is 18.0. The number of hydrogen-bond donors (Lipinski definition) is 1. The van der Waals surface area contributed by atoms with Crippen LogP contribution in [0, 0.1) is 17.6 Å². The minimum atomic E-state index is -0.542. The third-order valence-electron chi connectivity index (χ3n) is 5.25. The molecule has 0 fully saturated rings. The van der Waals surface area contributed by atoms with E-state index in [0.29, 0.717) is 23.6 Å². The summed E-state index contributed by atoms with van der Waals surface area (Å²) in [6.07, 6.45) is 2.87. The van der Waals surface area contributed by atoms with E-state index in [1.165, 1.54) is 36.4 Å². The minimum Gasteiger partial charge on any atom is -0.490 e. The molecule has 2 atom stereocenters.